The average Bonchev–Trinajstić information content (AvgIpc) is 2.40. The van der Waals surface area contributed by atoms with E-state index in [-0.39, 0.29) is 0 Å². The van der Waals surface area contributed by atoms with Crippen molar-refractivity contribution in [3.63, 3.8) is 0 Å². The number of hydrogen-bond donors (Lipinski definition) is 2. The van der Waals surface area contributed by atoms with Gasteiger partial charge in [0.25, 0.3) is 10.1 Å². The van der Waals surface area contributed by atoms with Crippen LogP contribution in [0.25, 0.3) is 11.1 Å². The van der Waals surface area contributed by atoms with Gasteiger partial charge in [-0.1, -0.05) is 12.1 Å². The molecule has 0 aliphatic carbocycles. The Morgan fingerprint density at radius 3 is 2.40 bits per heavy atom. The number of hydrogen-bond acceptors (Lipinski definition) is 4. The van der Waals surface area contributed by atoms with E-state index in [1.807, 2.05) is 12.1 Å². The van der Waals surface area contributed by atoms with Crippen molar-refractivity contribution in [2.75, 3.05) is 6.26 Å². The van der Waals surface area contributed by atoms with Gasteiger partial charge in [0.2, 0.25) is 0 Å². The Morgan fingerprint density at radius 1 is 1.33 bits per heavy atom. The highest BCUT2D eigenvalue weighted by molar-refractivity contribution is 7.85. The van der Waals surface area contributed by atoms with Crippen LogP contribution < -0.4 is 5.76 Å². The summed E-state index contributed by atoms with van der Waals surface area (Å²) in [5.41, 5.74) is 1.35. The standard InChI is InChI=1S/C7H5NO2.CH4O3S/c9-7-8-5-3-1-2-4-6(5)10-7;1-5(2,3)4/h1-4H,(H,8,9);1H3,(H,2,3,4). The van der Waals surface area contributed by atoms with Crippen LogP contribution in [0.1, 0.15) is 0 Å². The van der Waals surface area contributed by atoms with E-state index in [1.54, 1.807) is 12.1 Å². The minimum absolute atomic E-state index is 0.402. The summed E-state index contributed by atoms with van der Waals surface area (Å²) in [5, 5.41) is 0. The fourth-order valence-electron chi connectivity index (χ4n) is 0.894. The fourth-order valence-corrected chi connectivity index (χ4v) is 0.894. The summed E-state index contributed by atoms with van der Waals surface area (Å²) in [6.07, 6.45) is 0.715. The molecule has 0 spiro atoms. The van der Waals surface area contributed by atoms with Crippen LogP contribution in [0.5, 0.6) is 0 Å². The van der Waals surface area contributed by atoms with Crippen LogP contribution in [0.2, 0.25) is 0 Å². The fraction of sp³-hybridized carbons (Fsp3) is 0.125. The van der Waals surface area contributed by atoms with E-state index in [0.29, 0.717) is 11.8 Å². The van der Waals surface area contributed by atoms with E-state index >= 15 is 0 Å². The molecular formula is C8H9NO5S. The van der Waals surface area contributed by atoms with Crippen LogP contribution in [-0.2, 0) is 10.1 Å². The van der Waals surface area contributed by atoms with Gasteiger partial charge in [0, 0.05) is 0 Å². The zero-order valence-corrected chi connectivity index (χ0v) is 8.61. The van der Waals surface area contributed by atoms with Crippen molar-refractivity contribution in [3.8, 4) is 0 Å². The van der Waals surface area contributed by atoms with E-state index in [9.17, 15) is 13.2 Å². The van der Waals surface area contributed by atoms with Gasteiger partial charge in [-0.05, 0) is 12.1 Å². The first-order valence-electron chi connectivity index (χ1n) is 3.86. The van der Waals surface area contributed by atoms with Gasteiger partial charge < -0.3 is 4.42 Å². The molecule has 0 atom stereocenters. The van der Waals surface area contributed by atoms with Gasteiger partial charge in [0.05, 0.1) is 11.8 Å². The second kappa shape index (κ2) is 4.28. The Morgan fingerprint density at radius 2 is 1.87 bits per heavy atom. The number of aromatic amines is 1. The number of para-hydroxylation sites is 2. The van der Waals surface area contributed by atoms with E-state index in [0.717, 1.165) is 5.52 Å². The molecule has 0 amide bonds. The van der Waals surface area contributed by atoms with Crippen LogP contribution >= 0.6 is 0 Å². The van der Waals surface area contributed by atoms with Crippen LogP contribution in [0.15, 0.2) is 33.5 Å². The summed E-state index contributed by atoms with van der Waals surface area (Å²) >= 11 is 0. The molecule has 1 aromatic carbocycles. The van der Waals surface area contributed by atoms with E-state index in [4.69, 9.17) is 8.97 Å². The molecule has 7 heteroatoms. The van der Waals surface area contributed by atoms with Crippen molar-refractivity contribution in [1.29, 1.82) is 0 Å². The first-order valence-corrected chi connectivity index (χ1v) is 5.71. The Kier molecular flexibility index (Phi) is 3.28. The molecule has 0 aliphatic rings. The van der Waals surface area contributed by atoms with Gasteiger partial charge in [-0.15, -0.1) is 0 Å². The minimum atomic E-state index is -3.67. The van der Waals surface area contributed by atoms with E-state index in [2.05, 4.69) is 4.98 Å². The first-order chi connectivity index (χ1) is 6.86. The molecule has 0 fully saturated rings. The lowest BCUT2D eigenvalue weighted by Gasteiger charge is -1.79. The van der Waals surface area contributed by atoms with Gasteiger partial charge in [0.15, 0.2) is 5.58 Å². The van der Waals surface area contributed by atoms with Crippen molar-refractivity contribution in [3.05, 3.63) is 34.8 Å². The predicted molar refractivity (Wildman–Crippen MR) is 54.3 cm³/mol. The SMILES string of the molecule is CS(=O)(=O)O.O=c1[nH]c2ccccc2o1. The van der Waals surface area contributed by atoms with Gasteiger partial charge >= 0.3 is 5.76 Å². The maximum absolute atomic E-state index is 10.6. The highest BCUT2D eigenvalue weighted by atomic mass is 32.2. The molecule has 0 bridgehead atoms. The summed E-state index contributed by atoms with van der Waals surface area (Å²) in [5.74, 6) is -0.402. The molecule has 0 saturated carbocycles. The molecule has 15 heavy (non-hydrogen) atoms. The number of oxazole rings is 1. The summed E-state index contributed by atoms with van der Waals surface area (Å²) in [6, 6.07) is 7.19. The monoisotopic (exact) mass is 231 g/mol. The zero-order chi connectivity index (χ0) is 11.5. The van der Waals surface area contributed by atoms with Gasteiger partial charge in [-0.2, -0.15) is 8.42 Å². The number of benzene rings is 1. The lowest BCUT2D eigenvalue weighted by molar-refractivity contribution is 0.490. The first kappa shape index (κ1) is 11.5. The Balaban J connectivity index is 0.000000195. The van der Waals surface area contributed by atoms with Crippen LogP contribution in [-0.4, -0.2) is 24.2 Å². The molecule has 2 rings (SSSR count). The van der Waals surface area contributed by atoms with Gasteiger partial charge in [0.1, 0.15) is 0 Å². The molecule has 2 aromatic rings. The van der Waals surface area contributed by atoms with Crippen molar-refractivity contribution >= 4 is 21.2 Å². The summed E-state index contributed by atoms with van der Waals surface area (Å²) in [7, 11) is -3.67. The van der Waals surface area contributed by atoms with Crippen LogP contribution in [0.3, 0.4) is 0 Å². The second-order valence-electron chi connectivity index (χ2n) is 2.74. The maximum atomic E-state index is 10.6. The smallest absolute Gasteiger partial charge is 0.408 e. The van der Waals surface area contributed by atoms with Crippen molar-refractivity contribution in [2.24, 2.45) is 0 Å². The third-order valence-electron chi connectivity index (χ3n) is 1.33. The average molecular weight is 231 g/mol. The Bertz CT molecular complexity index is 551. The van der Waals surface area contributed by atoms with Crippen molar-refractivity contribution in [1.82, 2.24) is 4.98 Å². The molecule has 0 saturated heterocycles. The zero-order valence-electron chi connectivity index (χ0n) is 7.80. The molecule has 2 N–H and O–H groups in total. The second-order valence-corrected chi connectivity index (χ2v) is 4.21. The lowest BCUT2D eigenvalue weighted by atomic mass is 10.3. The Labute approximate surface area is 85.3 Å². The summed E-state index contributed by atoms with van der Waals surface area (Å²) < 4.78 is 30.6. The number of fused-ring (bicyclic) bond motifs is 1. The Hall–Kier alpha value is -1.60. The summed E-state index contributed by atoms with van der Waals surface area (Å²) in [4.78, 5) is 13.1. The molecule has 0 radical (unpaired) electrons. The van der Waals surface area contributed by atoms with Gasteiger partial charge in [-0.3, -0.25) is 9.54 Å². The highest BCUT2D eigenvalue weighted by Crippen LogP contribution is 2.06. The highest BCUT2D eigenvalue weighted by Gasteiger charge is 1.95. The van der Waals surface area contributed by atoms with Crippen LogP contribution in [0, 0.1) is 0 Å². The lowest BCUT2D eigenvalue weighted by Crippen LogP contribution is -1.92. The number of H-pyrrole nitrogens is 1. The van der Waals surface area contributed by atoms with Crippen molar-refractivity contribution < 1.29 is 17.4 Å². The predicted octanol–water partition coefficient (Wildman–Crippen LogP) is 0.625. The van der Waals surface area contributed by atoms with E-state index < -0.39 is 15.9 Å². The van der Waals surface area contributed by atoms with Crippen molar-refractivity contribution in [2.45, 2.75) is 0 Å². The molecule has 0 aliphatic heterocycles. The maximum Gasteiger partial charge on any atom is 0.417 e. The summed E-state index contributed by atoms with van der Waals surface area (Å²) in [6.45, 7) is 0. The normalized spacial score (nSPS) is 10.8. The largest absolute Gasteiger partial charge is 0.417 e. The number of nitrogens with one attached hydrogen (secondary N) is 1. The quantitative estimate of drug-likeness (QED) is 0.647. The number of aromatic nitrogens is 1. The molecule has 1 aromatic heterocycles. The third-order valence-corrected chi connectivity index (χ3v) is 1.33. The molecule has 82 valence electrons. The van der Waals surface area contributed by atoms with E-state index in [1.165, 1.54) is 0 Å². The minimum Gasteiger partial charge on any atom is -0.408 e. The number of rotatable bonds is 0. The molecule has 1 heterocycles. The van der Waals surface area contributed by atoms with Crippen LogP contribution in [0.4, 0.5) is 0 Å². The molecule has 6 nitrogen and oxygen atoms in total. The molecular weight excluding hydrogens is 222 g/mol. The molecule has 0 unspecified atom stereocenters. The third kappa shape index (κ3) is 4.43. The van der Waals surface area contributed by atoms with Gasteiger partial charge in [-0.25, -0.2) is 4.79 Å². The topological polar surface area (TPSA) is 100 Å².